The van der Waals surface area contributed by atoms with Gasteiger partial charge in [-0.3, -0.25) is 9.36 Å². The number of aromatic nitrogens is 1. The van der Waals surface area contributed by atoms with E-state index in [2.05, 4.69) is 4.99 Å². The molecule has 0 aliphatic carbocycles. The van der Waals surface area contributed by atoms with Gasteiger partial charge in [-0.15, -0.1) is 0 Å². The summed E-state index contributed by atoms with van der Waals surface area (Å²) >= 11 is 1.26. The van der Waals surface area contributed by atoms with Crippen LogP contribution in [0.5, 0.6) is 17.2 Å². The van der Waals surface area contributed by atoms with E-state index in [0.29, 0.717) is 50.0 Å². The van der Waals surface area contributed by atoms with Gasteiger partial charge in [0.25, 0.3) is 5.56 Å². The van der Waals surface area contributed by atoms with E-state index >= 15 is 0 Å². The summed E-state index contributed by atoms with van der Waals surface area (Å²) in [5, 5.41) is 0. The largest absolute Gasteiger partial charge is 0.496 e. The number of methoxy groups -OCH3 is 2. The molecule has 8 nitrogen and oxygen atoms in total. The van der Waals surface area contributed by atoms with E-state index in [9.17, 15) is 9.59 Å². The SMILES string of the molecule is CCOC(=O)C1=C(C)N=c2sc(=Cc3ccc(OCC)c(OC)c3)c(=O)n2C1c1ccccc1OC. The summed E-state index contributed by atoms with van der Waals surface area (Å²) in [7, 11) is 3.13. The number of para-hydroxylation sites is 1. The van der Waals surface area contributed by atoms with E-state index < -0.39 is 12.0 Å². The average molecular weight is 509 g/mol. The molecule has 0 spiro atoms. The van der Waals surface area contributed by atoms with Crippen molar-refractivity contribution in [1.29, 1.82) is 0 Å². The number of allylic oxidation sites excluding steroid dienone is 1. The molecule has 1 unspecified atom stereocenters. The maximum absolute atomic E-state index is 13.8. The Hall–Kier alpha value is -3.85. The first kappa shape index (κ1) is 25.2. The Morgan fingerprint density at radius 1 is 1.06 bits per heavy atom. The van der Waals surface area contributed by atoms with Crippen LogP contribution in [0.2, 0.25) is 0 Å². The van der Waals surface area contributed by atoms with Crippen LogP contribution >= 0.6 is 11.3 Å². The van der Waals surface area contributed by atoms with Gasteiger partial charge >= 0.3 is 5.97 Å². The van der Waals surface area contributed by atoms with Gasteiger partial charge in [-0.25, -0.2) is 9.79 Å². The minimum Gasteiger partial charge on any atom is -0.496 e. The zero-order chi connectivity index (χ0) is 25.8. The van der Waals surface area contributed by atoms with Gasteiger partial charge in [0.1, 0.15) is 11.8 Å². The van der Waals surface area contributed by atoms with Crippen molar-refractivity contribution in [3.05, 3.63) is 84.5 Å². The molecule has 0 saturated heterocycles. The third kappa shape index (κ3) is 4.66. The highest BCUT2D eigenvalue weighted by molar-refractivity contribution is 7.07. The lowest BCUT2D eigenvalue weighted by molar-refractivity contribution is -0.139. The van der Waals surface area contributed by atoms with E-state index in [0.717, 1.165) is 5.56 Å². The number of carbonyl (C=O) groups excluding carboxylic acids is 1. The van der Waals surface area contributed by atoms with Crippen molar-refractivity contribution in [1.82, 2.24) is 4.57 Å². The summed E-state index contributed by atoms with van der Waals surface area (Å²) in [4.78, 5) is 31.9. The zero-order valence-corrected chi connectivity index (χ0v) is 21.7. The molecular formula is C27H28N2O6S. The molecule has 0 fully saturated rings. The van der Waals surface area contributed by atoms with Crippen LogP contribution in [0.1, 0.15) is 37.9 Å². The van der Waals surface area contributed by atoms with E-state index in [1.54, 1.807) is 44.8 Å². The lowest BCUT2D eigenvalue weighted by atomic mass is 9.95. The van der Waals surface area contributed by atoms with Crippen molar-refractivity contribution in [2.24, 2.45) is 4.99 Å². The molecular weight excluding hydrogens is 480 g/mol. The minimum atomic E-state index is -0.742. The molecule has 9 heteroatoms. The summed E-state index contributed by atoms with van der Waals surface area (Å²) in [6.07, 6.45) is 1.78. The van der Waals surface area contributed by atoms with Gasteiger partial charge in [-0.2, -0.15) is 0 Å². The maximum atomic E-state index is 13.8. The summed E-state index contributed by atoms with van der Waals surface area (Å²) in [5.74, 6) is 1.25. The minimum absolute atomic E-state index is 0.207. The Labute approximate surface area is 212 Å². The molecule has 0 bridgehead atoms. The third-order valence-electron chi connectivity index (χ3n) is 5.74. The molecule has 4 rings (SSSR count). The second kappa shape index (κ2) is 10.8. The van der Waals surface area contributed by atoms with Gasteiger partial charge < -0.3 is 18.9 Å². The predicted octanol–water partition coefficient (Wildman–Crippen LogP) is 3.21. The molecule has 1 aromatic heterocycles. The molecule has 1 atom stereocenters. The van der Waals surface area contributed by atoms with Crippen LogP contribution in [0.25, 0.3) is 6.08 Å². The van der Waals surface area contributed by atoms with Crippen LogP contribution in [0.4, 0.5) is 0 Å². The van der Waals surface area contributed by atoms with Gasteiger partial charge in [0, 0.05) is 5.56 Å². The first-order valence-electron chi connectivity index (χ1n) is 11.6. The van der Waals surface area contributed by atoms with Crippen LogP contribution in [-0.2, 0) is 9.53 Å². The molecule has 0 N–H and O–H groups in total. The van der Waals surface area contributed by atoms with Crippen molar-refractivity contribution < 1.29 is 23.7 Å². The number of benzene rings is 2. The number of fused-ring (bicyclic) bond motifs is 1. The van der Waals surface area contributed by atoms with Crippen LogP contribution < -0.4 is 29.1 Å². The topological polar surface area (TPSA) is 88.4 Å². The molecule has 0 radical (unpaired) electrons. The Balaban J connectivity index is 1.93. The molecule has 3 aromatic rings. The van der Waals surface area contributed by atoms with Crippen LogP contribution in [0, 0.1) is 0 Å². The van der Waals surface area contributed by atoms with Crippen molar-refractivity contribution in [2.45, 2.75) is 26.8 Å². The van der Waals surface area contributed by atoms with Crippen molar-refractivity contribution in [3.8, 4) is 17.2 Å². The maximum Gasteiger partial charge on any atom is 0.338 e. The normalized spacial score (nSPS) is 15.2. The van der Waals surface area contributed by atoms with Crippen LogP contribution in [-0.4, -0.2) is 38.0 Å². The Morgan fingerprint density at radius 3 is 2.50 bits per heavy atom. The van der Waals surface area contributed by atoms with Crippen LogP contribution in [0.3, 0.4) is 0 Å². The molecule has 2 aromatic carbocycles. The van der Waals surface area contributed by atoms with Gasteiger partial charge in [0.15, 0.2) is 16.3 Å². The molecule has 1 aliphatic heterocycles. The predicted molar refractivity (Wildman–Crippen MR) is 138 cm³/mol. The Kier molecular flexibility index (Phi) is 7.59. The highest BCUT2D eigenvalue weighted by Gasteiger charge is 2.34. The van der Waals surface area contributed by atoms with Crippen LogP contribution in [0.15, 0.2) is 63.5 Å². The van der Waals surface area contributed by atoms with E-state index in [-0.39, 0.29) is 12.2 Å². The molecule has 188 valence electrons. The van der Waals surface area contributed by atoms with Gasteiger partial charge in [-0.1, -0.05) is 35.6 Å². The standard InChI is InChI=1S/C27H28N2O6S/c1-6-34-20-13-12-17(14-21(20)33-5)15-22-25(30)29-24(18-10-8-9-11-19(18)32-4)23(26(31)35-7-2)16(3)28-27(29)36-22/h8-15,24H,6-7H2,1-5H3. The number of thiazole rings is 1. The monoisotopic (exact) mass is 508 g/mol. The number of ether oxygens (including phenoxy) is 4. The quantitative estimate of drug-likeness (QED) is 0.434. The molecule has 0 saturated carbocycles. The number of hydrogen-bond acceptors (Lipinski definition) is 8. The zero-order valence-electron chi connectivity index (χ0n) is 20.9. The lowest BCUT2D eigenvalue weighted by Crippen LogP contribution is -2.40. The highest BCUT2D eigenvalue weighted by atomic mass is 32.1. The second-order valence-corrected chi connectivity index (χ2v) is 8.90. The fourth-order valence-corrected chi connectivity index (χ4v) is 5.22. The summed E-state index contributed by atoms with van der Waals surface area (Å²) in [6, 6.07) is 12.1. The third-order valence-corrected chi connectivity index (χ3v) is 6.72. The van der Waals surface area contributed by atoms with Gasteiger partial charge in [0.05, 0.1) is 43.2 Å². The van der Waals surface area contributed by atoms with Crippen molar-refractivity contribution in [3.63, 3.8) is 0 Å². The smallest absolute Gasteiger partial charge is 0.338 e. The number of rotatable bonds is 8. The van der Waals surface area contributed by atoms with Crippen molar-refractivity contribution in [2.75, 3.05) is 27.4 Å². The molecule has 2 heterocycles. The average Bonchev–Trinajstić information content (AvgIpc) is 3.18. The Bertz CT molecular complexity index is 1500. The van der Waals surface area contributed by atoms with Crippen molar-refractivity contribution >= 4 is 23.4 Å². The van der Waals surface area contributed by atoms with Gasteiger partial charge in [-0.05, 0) is 50.6 Å². The summed E-state index contributed by atoms with van der Waals surface area (Å²) < 4.78 is 24.0. The highest BCUT2D eigenvalue weighted by Crippen LogP contribution is 2.35. The summed E-state index contributed by atoms with van der Waals surface area (Å²) in [6.45, 7) is 6.12. The first-order valence-corrected chi connectivity index (χ1v) is 12.4. The fraction of sp³-hybridized carbons (Fsp3) is 0.296. The second-order valence-electron chi connectivity index (χ2n) is 7.89. The number of carbonyl (C=O) groups is 1. The van der Waals surface area contributed by atoms with E-state index in [1.165, 1.54) is 11.3 Å². The number of nitrogens with zero attached hydrogens (tertiary/aromatic N) is 2. The lowest BCUT2D eigenvalue weighted by Gasteiger charge is -2.25. The Morgan fingerprint density at radius 2 is 1.81 bits per heavy atom. The first-order chi connectivity index (χ1) is 17.4. The summed E-state index contributed by atoms with van der Waals surface area (Å²) in [5.41, 5.74) is 1.99. The van der Waals surface area contributed by atoms with E-state index in [1.807, 2.05) is 43.3 Å². The molecule has 36 heavy (non-hydrogen) atoms. The van der Waals surface area contributed by atoms with E-state index in [4.69, 9.17) is 18.9 Å². The number of esters is 1. The fourth-order valence-electron chi connectivity index (χ4n) is 4.18. The molecule has 1 aliphatic rings. The number of hydrogen-bond donors (Lipinski definition) is 0. The molecule has 0 amide bonds. The van der Waals surface area contributed by atoms with Gasteiger partial charge in [0.2, 0.25) is 0 Å².